The number of nitrogens with one attached hydrogen (secondary N) is 1. The molecule has 0 radical (unpaired) electrons. The number of carboxylic acid groups (broad SMARTS) is 1. The van der Waals surface area contributed by atoms with Crippen molar-refractivity contribution in [2.45, 2.75) is 0 Å². The van der Waals surface area contributed by atoms with Crippen molar-refractivity contribution in [3.63, 3.8) is 0 Å². The summed E-state index contributed by atoms with van der Waals surface area (Å²) < 4.78 is 0. The number of benzene rings is 1. The standard InChI is InChI=1S/C13H15N5O2/c14-13(15)17-6-5-16-11-9(12(19)20)7-8-3-1-2-4-10(8)18-11/h1-4,7H,5-6H2,(H,16,18)(H,19,20)(H4,14,15,17). The van der Waals surface area contributed by atoms with E-state index in [0.717, 1.165) is 10.9 Å². The summed E-state index contributed by atoms with van der Waals surface area (Å²) in [5.41, 5.74) is 11.3. The minimum Gasteiger partial charge on any atom is -0.478 e. The lowest BCUT2D eigenvalue weighted by atomic mass is 10.1. The fourth-order valence-electron chi connectivity index (χ4n) is 1.77. The van der Waals surface area contributed by atoms with Crippen molar-refractivity contribution >= 4 is 28.6 Å². The normalized spacial score (nSPS) is 10.2. The molecule has 0 bridgehead atoms. The Hall–Kier alpha value is -2.83. The van der Waals surface area contributed by atoms with Crippen LogP contribution < -0.4 is 16.8 Å². The molecule has 1 aromatic carbocycles. The van der Waals surface area contributed by atoms with E-state index in [1.807, 2.05) is 24.3 Å². The average Bonchev–Trinajstić information content (AvgIpc) is 2.42. The molecule has 0 saturated carbocycles. The van der Waals surface area contributed by atoms with Crippen LogP contribution in [0.5, 0.6) is 0 Å². The lowest BCUT2D eigenvalue weighted by Gasteiger charge is -2.09. The fourth-order valence-corrected chi connectivity index (χ4v) is 1.77. The number of para-hydroxylation sites is 1. The maximum Gasteiger partial charge on any atom is 0.339 e. The number of hydrogen-bond acceptors (Lipinski definition) is 4. The molecule has 7 heteroatoms. The SMILES string of the molecule is NC(N)=NCCNc1nc2ccccc2cc1C(=O)O. The van der Waals surface area contributed by atoms with Gasteiger partial charge in [-0.25, -0.2) is 9.78 Å². The van der Waals surface area contributed by atoms with Gasteiger partial charge in [-0.3, -0.25) is 4.99 Å². The van der Waals surface area contributed by atoms with Gasteiger partial charge in [-0.05, 0) is 12.1 Å². The molecule has 2 rings (SSSR count). The molecule has 0 unspecified atom stereocenters. The van der Waals surface area contributed by atoms with Crippen molar-refractivity contribution in [2.75, 3.05) is 18.4 Å². The smallest absolute Gasteiger partial charge is 0.339 e. The number of carboxylic acids is 1. The Morgan fingerprint density at radius 1 is 1.35 bits per heavy atom. The summed E-state index contributed by atoms with van der Waals surface area (Å²) >= 11 is 0. The van der Waals surface area contributed by atoms with Crippen LogP contribution in [0.15, 0.2) is 35.3 Å². The second kappa shape index (κ2) is 5.87. The van der Waals surface area contributed by atoms with E-state index in [1.165, 1.54) is 0 Å². The maximum atomic E-state index is 11.3. The minimum atomic E-state index is -1.03. The van der Waals surface area contributed by atoms with Crippen LogP contribution in [0.25, 0.3) is 10.9 Å². The molecule has 1 heterocycles. The van der Waals surface area contributed by atoms with Crippen LogP contribution in [0.3, 0.4) is 0 Å². The summed E-state index contributed by atoms with van der Waals surface area (Å²) in [5, 5.41) is 12.9. The molecule has 2 aromatic rings. The van der Waals surface area contributed by atoms with Crippen LogP contribution in [0.1, 0.15) is 10.4 Å². The molecule has 0 fully saturated rings. The molecular weight excluding hydrogens is 258 g/mol. The van der Waals surface area contributed by atoms with Gasteiger partial charge in [-0.1, -0.05) is 18.2 Å². The summed E-state index contributed by atoms with van der Waals surface area (Å²) in [6, 6.07) is 8.91. The highest BCUT2D eigenvalue weighted by Crippen LogP contribution is 2.20. The van der Waals surface area contributed by atoms with E-state index in [9.17, 15) is 9.90 Å². The van der Waals surface area contributed by atoms with Gasteiger partial charge < -0.3 is 21.9 Å². The zero-order valence-corrected chi connectivity index (χ0v) is 10.7. The van der Waals surface area contributed by atoms with E-state index in [0.29, 0.717) is 18.9 Å². The molecule has 0 aliphatic carbocycles. The summed E-state index contributed by atoms with van der Waals surface area (Å²) in [4.78, 5) is 19.4. The second-order valence-corrected chi connectivity index (χ2v) is 4.12. The summed E-state index contributed by atoms with van der Waals surface area (Å²) in [7, 11) is 0. The summed E-state index contributed by atoms with van der Waals surface area (Å²) in [6.45, 7) is 0.736. The molecule has 6 N–H and O–H groups in total. The molecule has 0 aliphatic heterocycles. The highest BCUT2D eigenvalue weighted by atomic mass is 16.4. The van der Waals surface area contributed by atoms with E-state index < -0.39 is 5.97 Å². The largest absolute Gasteiger partial charge is 0.478 e. The Kier molecular flexibility index (Phi) is 3.99. The predicted molar refractivity (Wildman–Crippen MR) is 77.9 cm³/mol. The van der Waals surface area contributed by atoms with Gasteiger partial charge in [0.1, 0.15) is 11.4 Å². The summed E-state index contributed by atoms with van der Waals surface area (Å²) in [5.74, 6) is -0.730. The van der Waals surface area contributed by atoms with Gasteiger partial charge in [0, 0.05) is 11.9 Å². The van der Waals surface area contributed by atoms with Crippen LogP contribution >= 0.6 is 0 Å². The maximum absolute atomic E-state index is 11.3. The van der Waals surface area contributed by atoms with E-state index in [4.69, 9.17) is 11.5 Å². The predicted octanol–water partition coefficient (Wildman–Crippen LogP) is 0.618. The lowest BCUT2D eigenvalue weighted by molar-refractivity contribution is 0.0698. The fraction of sp³-hybridized carbons (Fsp3) is 0.154. The zero-order valence-electron chi connectivity index (χ0n) is 10.7. The Morgan fingerprint density at radius 2 is 2.10 bits per heavy atom. The Bertz CT molecular complexity index is 665. The monoisotopic (exact) mass is 273 g/mol. The van der Waals surface area contributed by atoms with Crippen molar-refractivity contribution < 1.29 is 9.90 Å². The number of anilines is 1. The quantitative estimate of drug-likeness (QED) is 0.359. The third-order valence-corrected chi connectivity index (χ3v) is 2.65. The van der Waals surface area contributed by atoms with Gasteiger partial charge in [0.15, 0.2) is 5.96 Å². The second-order valence-electron chi connectivity index (χ2n) is 4.12. The number of nitrogens with two attached hydrogens (primary N) is 2. The highest BCUT2D eigenvalue weighted by Gasteiger charge is 2.12. The Morgan fingerprint density at radius 3 is 2.80 bits per heavy atom. The third-order valence-electron chi connectivity index (χ3n) is 2.65. The molecule has 7 nitrogen and oxygen atoms in total. The van der Waals surface area contributed by atoms with Gasteiger partial charge in [-0.2, -0.15) is 0 Å². The van der Waals surface area contributed by atoms with Crippen LogP contribution in [-0.4, -0.2) is 35.1 Å². The molecule has 1 aromatic heterocycles. The van der Waals surface area contributed by atoms with Gasteiger partial charge in [-0.15, -0.1) is 0 Å². The van der Waals surface area contributed by atoms with Crippen LogP contribution in [0, 0.1) is 0 Å². The van der Waals surface area contributed by atoms with Crippen LogP contribution in [0.4, 0.5) is 5.82 Å². The number of aromatic carboxylic acids is 1. The molecule has 0 spiro atoms. The number of hydrogen-bond donors (Lipinski definition) is 4. The number of nitrogens with zero attached hydrogens (tertiary/aromatic N) is 2. The zero-order chi connectivity index (χ0) is 14.5. The minimum absolute atomic E-state index is 0.00303. The highest BCUT2D eigenvalue weighted by molar-refractivity contribution is 5.98. The van der Waals surface area contributed by atoms with Crippen LogP contribution in [0.2, 0.25) is 0 Å². The van der Waals surface area contributed by atoms with E-state index in [2.05, 4.69) is 15.3 Å². The first-order valence-corrected chi connectivity index (χ1v) is 6.00. The Balaban J connectivity index is 2.27. The molecule has 0 amide bonds. The third kappa shape index (κ3) is 3.14. The number of aromatic nitrogens is 1. The lowest BCUT2D eigenvalue weighted by Crippen LogP contribution is -2.24. The average molecular weight is 273 g/mol. The topological polar surface area (TPSA) is 127 Å². The van der Waals surface area contributed by atoms with Crippen molar-refractivity contribution in [1.82, 2.24) is 4.98 Å². The van der Waals surface area contributed by atoms with Gasteiger partial charge >= 0.3 is 5.97 Å². The van der Waals surface area contributed by atoms with Gasteiger partial charge in [0.05, 0.1) is 12.1 Å². The first kappa shape index (κ1) is 13.6. The van der Waals surface area contributed by atoms with Crippen molar-refractivity contribution in [2.24, 2.45) is 16.5 Å². The molecule has 104 valence electrons. The molecule has 20 heavy (non-hydrogen) atoms. The number of pyridine rings is 1. The van der Waals surface area contributed by atoms with Gasteiger partial charge in [0.25, 0.3) is 0 Å². The molecule has 0 atom stereocenters. The first-order valence-electron chi connectivity index (χ1n) is 6.00. The van der Waals surface area contributed by atoms with Crippen molar-refractivity contribution in [3.8, 4) is 0 Å². The number of rotatable bonds is 5. The Labute approximate surface area is 115 Å². The number of aliphatic imine (C=N–C) groups is 1. The van der Waals surface area contributed by atoms with Gasteiger partial charge in [0.2, 0.25) is 0 Å². The number of carbonyl (C=O) groups is 1. The van der Waals surface area contributed by atoms with Crippen LogP contribution in [-0.2, 0) is 0 Å². The van der Waals surface area contributed by atoms with Crippen molar-refractivity contribution in [1.29, 1.82) is 0 Å². The number of fused-ring (bicyclic) bond motifs is 1. The van der Waals surface area contributed by atoms with E-state index in [1.54, 1.807) is 6.07 Å². The molecule has 0 aliphatic rings. The molecular formula is C13H15N5O2. The summed E-state index contributed by atoms with van der Waals surface area (Å²) in [6.07, 6.45) is 0. The van der Waals surface area contributed by atoms with E-state index in [-0.39, 0.29) is 11.5 Å². The van der Waals surface area contributed by atoms with Crippen molar-refractivity contribution in [3.05, 3.63) is 35.9 Å². The van der Waals surface area contributed by atoms with E-state index >= 15 is 0 Å². The number of guanidine groups is 1. The first-order chi connectivity index (χ1) is 9.58. The molecule has 0 saturated heterocycles.